The van der Waals surface area contributed by atoms with Crippen LogP contribution in [0.5, 0.6) is 5.75 Å². The molecule has 11 heteroatoms. The van der Waals surface area contributed by atoms with Crippen LogP contribution in [-0.4, -0.2) is 67.3 Å². The van der Waals surface area contributed by atoms with E-state index in [0.717, 1.165) is 0 Å². The molecule has 4 rings (SSSR count). The van der Waals surface area contributed by atoms with Gasteiger partial charge in [-0.25, -0.2) is 17.8 Å². The lowest BCUT2D eigenvalue weighted by Gasteiger charge is -2.39. The van der Waals surface area contributed by atoms with Crippen LogP contribution in [0, 0.1) is 17.7 Å². The van der Waals surface area contributed by atoms with Crippen molar-refractivity contribution in [3.05, 3.63) is 53.6 Å². The highest BCUT2D eigenvalue weighted by Crippen LogP contribution is 2.42. The van der Waals surface area contributed by atoms with Crippen LogP contribution >= 0.6 is 0 Å². The molecule has 1 aromatic heterocycles. The predicted molar refractivity (Wildman–Crippen MR) is 135 cm³/mol. The highest BCUT2D eigenvalue weighted by molar-refractivity contribution is 7.93. The number of carbonyl (C=O) groups is 1. The van der Waals surface area contributed by atoms with Crippen LogP contribution in [0.3, 0.4) is 0 Å². The van der Waals surface area contributed by atoms with Crippen LogP contribution in [0.1, 0.15) is 36.3 Å². The highest BCUT2D eigenvalue weighted by Gasteiger charge is 2.57. The summed E-state index contributed by atoms with van der Waals surface area (Å²) >= 11 is 0. The Morgan fingerprint density at radius 1 is 1.33 bits per heavy atom. The number of carbonyl (C=O) groups excluding carboxylic acids is 1. The number of amides is 1. The van der Waals surface area contributed by atoms with Crippen molar-refractivity contribution in [3.8, 4) is 17.6 Å². The van der Waals surface area contributed by atoms with Gasteiger partial charge in [-0.05, 0) is 64.2 Å². The maximum absolute atomic E-state index is 15.0. The number of nitrogens with zero attached hydrogens (tertiary/aromatic N) is 3. The van der Waals surface area contributed by atoms with Gasteiger partial charge in [0, 0.05) is 17.8 Å². The molecule has 0 radical (unpaired) electrons. The number of hydrogen-bond acceptors (Lipinski definition) is 8. The average molecular weight is 514 g/mol. The number of pyridine rings is 1. The first-order valence-electron chi connectivity index (χ1n) is 11.4. The molecule has 190 valence electrons. The summed E-state index contributed by atoms with van der Waals surface area (Å²) in [6, 6.07) is 7.03. The third kappa shape index (κ3) is 4.66. The Bertz CT molecular complexity index is 1380. The summed E-state index contributed by atoms with van der Waals surface area (Å²) < 4.78 is 45.9. The fraction of sp³-hybridized carbons (Fsp3) is 0.400. The zero-order chi connectivity index (χ0) is 26.1. The van der Waals surface area contributed by atoms with Crippen LogP contribution in [0.4, 0.5) is 10.1 Å². The van der Waals surface area contributed by atoms with Crippen molar-refractivity contribution >= 4 is 27.3 Å². The molecule has 36 heavy (non-hydrogen) atoms. The van der Waals surface area contributed by atoms with Crippen molar-refractivity contribution in [2.75, 3.05) is 37.8 Å². The van der Waals surface area contributed by atoms with E-state index in [9.17, 15) is 17.6 Å². The minimum atomic E-state index is -3.75. The van der Waals surface area contributed by atoms with Gasteiger partial charge in [-0.15, -0.1) is 5.92 Å². The van der Waals surface area contributed by atoms with E-state index in [4.69, 9.17) is 10.5 Å². The van der Waals surface area contributed by atoms with Crippen molar-refractivity contribution in [1.29, 1.82) is 0 Å². The molecule has 3 N–H and O–H groups in total. The van der Waals surface area contributed by atoms with Crippen LogP contribution in [0.2, 0.25) is 0 Å². The third-order valence-electron chi connectivity index (χ3n) is 6.58. The van der Waals surface area contributed by atoms with E-state index >= 15 is 0 Å². The number of nitrogens with one attached hydrogen (secondary N) is 1. The van der Waals surface area contributed by atoms with Crippen LogP contribution in [0.25, 0.3) is 0 Å². The van der Waals surface area contributed by atoms with Gasteiger partial charge in [-0.1, -0.05) is 5.92 Å². The van der Waals surface area contributed by atoms with Gasteiger partial charge in [0.25, 0.3) is 5.91 Å². The molecule has 0 aliphatic carbocycles. The molecule has 1 aromatic carbocycles. The largest absolute Gasteiger partial charge is 0.479 e. The summed E-state index contributed by atoms with van der Waals surface area (Å²) in [5, 5.41) is 2.67. The molecule has 0 saturated carbocycles. The van der Waals surface area contributed by atoms with Crippen molar-refractivity contribution < 1.29 is 22.3 Å². The predicted octanol–water partition coefficient (Wildman–Crippen LogP) is 1.95. The first-order valence-corrected chi connectivity index (χ1v) is 13.0. The standard InChI is InChI=1S/C25H28FN5O4S/c1-4-5-12-35-18-7-9-21(28-14-18)22(32)29-17-6-8-20(26)19(13-17)24(2)16-36(33,34)25(23(27)30-24)10-11-31(3)15-25/h6-9,13-14H,10-12,15-16H2,1-3H3,(H2,27,30)(H,29,32)/t24-,25?/m0/s1. The van der Waals surface area contributed by atoms with Gasteiger partial charge < -0.3 is 20.7 Å². The Hall–Kier alpha value is -3.49. The minimum Gasteiger partial charge on any atom is -0.479 e. The summed E-state index contributed by atoms with van der Waals surface area (Å²) in [6.07, 6.45) is 1.75. The lowest BCUT2D eigenvalue weighted by atomic mass is 9.92. The molecule has 1 fully saturated rings. The Kier molecular flexibility index (Phi) is 6.77. The second kappa shape index (κ2) is 9.52. The molecule has 2 aromatic rings. The molecular weight excluding hydrogens is 485 g/mol. The number of likely N-dealkylation sites (tertiary alicyclic amines) is 1. The highest BCUT2D eigenvalue weighted by atomic mass is 32.2. The summed E-state index contributed by atoms with van der Waals surface area (Å²) in [5.74, 6) is 4.37. The Labute approximate surface area is 209 Å². The average Bonchev–Trinajstić information content (AvgIpc) is 3.23. The van der Waals surface area contributed by atoms with Crippen molar-refractivity contribution in [2.24, 2.45) is 10.7 Å². The number of rotatable bonds is 5. The quantitative estimate of drug-likeness (QED) is 0.585. The van der Waals surface area contributed by atoms with Gasteiger partial charge in [-0.3, -0.25) is 9.79 Å². The van der Waals surface area contributed by atoms with Crippen molar-refractivity contribution in [1.82, 2.24) is 9.88 Å². The first-order chi connectivity index (χ1) is 17.0. The maximum atomic E-state index is 15.0. The number of nitrogens with two attached hydrogens (primary N) is 1. The number of aliphatic imine (C=N–C) groups is 1. The van der Waals surface area contributed by atoms with E-state index in [-0.39, 0.29) is 35.9 Å². The number of aromatic nitrogens is 1. The van der Waals surface area contributed by atoms with Gasteiger partial charge >= 0.3 is 0 Å². The number of sulfone groups is 1. The minimum absolute atomic E-state index is 0.00846. The monoisotopic (exact) mass is 513 g/mol. The number of hydrogen-bond donors (Lipinski definition) is 2. The first kappa shape index (κ1) is 25.6. The van der Waals surface area contributed by atoms with Crippen molar-refractivity contribution in [2.45, 2.75) is 30.6 Å². The topological polar surface area (TPSA) is 127 Å². The number of halogens is 1. The van der Waals surface area contributed by atoms with Gasteiger partial charge in [0.05, 0.1) is 11.9 Å². The van der Waals surface area contributed by atoms with E-state index in [1.165, 1.54) is 37.4 Å². The number of anilines is 1. The van der Waals surface area contributed by atoms with Crippen LogP contribution < -0.4 is 15.8 Å². The lowest BCUT2D eigenvalue weighted by Crippen LogP contribution is -2.59. The molecule has 3 heterocycles. The van der Waals surface area contributed by atoms with Crippen LogP contribution in [0.15, 0.2) is 41.5 Å². The van der Waals surface area contributed by atoms with E-state index < -0.39 is 37.6 Å². The van der Waals surface area contributed by atoms with E-state index in [1.54, 1.807) is 13.0 Å². The van der Waals surface area contributed by atoms with Gasteiger partial charge in [0.2, 0.25) is 0 Å². The summed E-state index contributed by atoms with van der Waals surface area (Å²) in [7, 11) is -1.92. The molecule has 0 bridgehead atoms. The molecule has 1 saturated heterocycles. The normalized spacial score (nSPS) is 25.1. The summed E-state index contributed by atoms with van der Waals surface area (Å²) in [5.41, 5.74) is 5.22. The van der Waals surface area contributed by atoms with E-state index in [2.05, 4.69) is 27.1 Å². The van der Waals surface area contributed by atoms with E-state index in [1.807, 2.05) is 11.9 Å². The zero-order valence-electron chi connectivity index (χ0n) is 20.3. The van der Waals surface area contributed by atoms with Gasteiger partial charge in [-0.2, -0.15) is 0 Å². The molecule has 1 amide bonds. The molecule has 2 aliphatic heterocycles. The Morgan fingerprint density at radius 2 is 2.11 bits per heavy atom. The van der Waals surface area contributed by atoms with Crippen molar-refractivity contribution in [3.63, 3.8) is 0 Å². The van der Waals surface area contributed by atoms with Gasteiger partial charge in [0.15, 0.2) is 9.84 Å². The molecule has 9 nitrogen and oxygen atoms in total. The number of benzene rings is 1. The third-order valence-corrected chi connectivity index (χ3v) is 9.26. The van der Waals surface area contributed by atoms with Crippen LogP contribution in [-0.2, 0) is 15.4 Å². The molecule has 1 spiro atoms. The Morgan fingerprint density at radius 3 is 2.72 bits per heavy atom. The molecule has 1 unspecified atom stereocenters. The molecule has 2 atom stereocenters. The second-order valence-electron chi connectivity index (χ2n) is 9.26. The SMILES string of the molecule is CC#CCOc1ccc(C(=O)Nc2ccc(F)c([C@]3(C)CS(=O)(=O)C4(CCN(C)C4)C(N)=N3)c2)nc1. The van der Waals surface area contributed by atoms with Gasteiger partial charge in [0.1, 0.15) is 40.0 Å². The Balaban J connectivity index is 1.58. The second-order valence-corrected chi connectivity index (χ2v) is 11.6. The smallest absolute Gasteiger partial charge is 0.274 e. The fourth-order valence-corrected chi connectivity index (χ4v) is 7.06. The number of amidine groups is 1. The maximum Gasteiger partial charge on any atom is 0.274 e. The molecular formula is C25H28FN5O4S. The fourth-order valence-electron chi connectivity index (χ4n) is 4.64. The summed E-state index contributed by atoms with van der Waals surface area (Å²) in [4.78, 5) is 23.2. The van der Waals surface area contributed by atoms with E-state index in [0.29, 0.717) is 18.7 Å². The lowest BCUT2D eigenvalue weighted by molar-refractivity contribution is 0.102. The molecule has 2 aliphatic rings. The zero-order valence-corrected chi connectivity index (χ0v) is 21.2. The summed E-state index contributed by atoms with van der Waals surface area (Å²) in [6.45, 7) is 4.28. The number of ether oxygens (including phenoxy) is 1.